The number of rotatable bonds is 5. The Morgan fingerprint density at radius 2 is 1.69 bits per heavy atom. The van der Waals surface area contributed by atoms with Gasteiger partial charge in [0.05, 0.1) is 16.6 Å². The van der Waals surface area contributed by atoms with Crippen LogP contribution >= 0.6 is 23.2 Å². The van der Waals surface area contributed by atoms with Crippen LogP contribution in [0.15, 0.2) is 71.6 Å². The molecule has 1 heterocycles. The van der Waals surface area contributed by atoms with E-state index in [0.29, 0.717) is 18.2 Å². The van der Waals surface area contributed by atoms with Crippen LogP contribution in [-0.2, 0) is 16.6 Å². The lowest BCUT2D eigenvalue weighted by Crippen LogP contribution is -2.36. The van der Waals surface area contributed by atoms with Crippen LogP contribution < -0.4 is 15.0 Å². The van der Waals surface area contributed by atoms with Crippen LogP contribution in [0.2, 0.25) is 10.0 Å². The second-order valence-electron chi connectivity index (χ2n) is 6.47. The second-order valence-corrected chi connectivity index (χ2v) is 8.90. The summed E-state index contributed by atoms with van der Waals surface area (Å²) in [6.07, 6.45) is 0. The SMILES string of the molecule is Nc1[nH]c2ccccc2[n+]1Cc1ccc(NS(=O)(=O)c2cccc(Cl)c2Cl)cc1. The average molecular weight is 448 g/mol. The maximum Gasteiger partial charge on any atom is 0.353 e. The smallest absolute Gasteiger partial charge is 0.290 e. The molecule has 0 saturated heterocycles. The quantitative estimate of drug-likeness (QED) is 0.400. The molecule has 0 aliphatic heterocycles. The van der Waals surface area contributed by atoms with E-state index in [2.05, 4.69) is 9.71 Å². The molecule has 0 unspecified atom stereocenters. The molecule has 0 radical (unpaired) electrons. The summed E-state index contributed by atoms with van der Waals surface area (Å²) in [7, 11) is -3.86. The van der Waals surface area contributed by atoms with Crippen molar-refractivity contribution in [2.45, 2.75) is 11.4 Å². The van der Waals surface area contributed by atoms with Gasteiger partial charge in [-0.25, -0.2) is 18.0 Å². The van der Waals surface area contributed by atoms with Crippen LogP contribution in [0.25, 0.3) is 11.0 Å². The summed E-state index contributed by atoms with van der Waals surface area (Å²) in [6, 6.07) is 19.4. The lowest BCUT2D eigenvalue weighted by molar-refractivity contribution is -0.647. The van der Waals surface area contributed by atoms with Gasteiger partial charge < -0.3 is 0 Å². The molecule has 0 atom stereocenters. The Balaban J connectivity index is 1.56. The molecule has 3 aromatic carbocycles. The molecule has 1 aromatic heterocycles. The Hall–Kier alpha value is -2.74. The number of imidazole rings is 1. The van der Waals surface area contributed by atoms with Crippen molar-refractivity contribution in [2.24, 2.45) is 0 Å². The Labute approximate surface area is 177 Å². The molecular weight excluding hydrogens is 431 g/mol. The van der Waals surface area contributed by atoms with E-state index in [1.165, 1.54) is 18.2 Å². The fraction of sp³-hybridized carbons (Fsp3) is 0.0500. The number of anilines is 2. The number of hydrogen-bond donors (Lipinski definition) is 3. The molecule has 6 nitrogen and oxygen atoms in total. The Kier molecular flexibility index (Phi) is 5.12. The third kappa shape index (κ3) is 3.89. The molecule has 4 N–H and O–H groups in total. The number of H-pyrrole nitrogens is 1. The molecule has 0 aliphatic rings. The van der Waals surface area contributed by atoms with Crippen LogP contribution in [0, 0.1) is 0 Å². The number of fused-ring (bicyclic) bond motifs is 1. The number of halogens is 2. The van der Waals surface area contributed by atoms with E-state index in [1.807, 2.05) is 41.0 Å². The number of nitrogens with zero attached hydrogens (tertiary/aromatic N) is 1. The summed E-state index contributed by atoms with van der Waals surface area (Å²) >= 11 is 12.0. The highest BCUT2D eigenvalue weighted by atomic mass is 35.5. The van der Waals surface area contributed by atoms with E-state index in [9.17, 15) is 8.42 Å². The standard InChI is InChI=1S/C20H16Cl2N4O2S/c21-15-4-3-7-18(19(15)22)29(27,28)25-14-10-8-13(9-11-14)12-26-17-6-2-1-5-16(17)24-20(26)23/h1-11,25H,12H2,(H2,23,24)/p+1. The largest absolute Gasteiger partial charge is 0.353 e. The van der Waals surface area contributed by atoms with E-state index < -0.39 is 10.0 Å². The third-order valence-corrected chi connectivity index (χ3v) is 6.86. The maximum absolute atomic E-state index is 12.6. The van der Waals surface area contributed by atoms with Crippen molar-refractivity contribution in [1.29, 1.82) is 0 Å². The molecule has 0 spiro atoms. The number of hydrogen-bond acceptors (Lipinski definition) is 3. The number of sulfonamides is 1. The van der Waals surface area contributed by atoms with Gasteiger partial charge in [0.15, 0.2) is 0 Å². The predicted octanol–water partition coefficient (Wildman–Crippen LogP) is 4.19. The summed E-state index contributed by atoms with van der Waals surface area (Å²) in [5.41, 5.74) is 9.43. The highest BCUT2D eigenvalue weighted by molar-refractivity contribution is 7.92. The van der Waals surface area contributed by atoms with Gasteiger partial charge in [0.1, 0.15) is 15.9 Å². The number of para-hydroxylation sites is 2. The number of benzene rings is 3. The van der Waals surface area contributed by atoms with Crippen LogP contribution in [0.4, 0.5) is 11.6 Å². The van der Waals surface area contributed by atoms with Crippen molar-refractivity contribution >= 4 is 55.9 Å². The minimum absolute atomic E-state index is 0.00972. The second kappa shape index (κ2) is 7.59. The molecule has 9 heteroatoms. The lowest BCUT2D eigenvalue weighted by atomic mass is 10.2. The first-order chi connectivity index (χ1) is 13.8. The van der Waals surface area contributed by atoms with Crippen LogP contribution in [0.1, 0.15) is 5.56 Å². The van der Waals surface area contributed by atoms with Crippen molar-refractivity contribution in [1.82, 2.24) is 4.98 Å². The van der Waals surface area contributed by atoms with Crippen molar-refractivity contribution in [3.8, 4) is 0 Å². The van der Waals surface area contributed by atoms with E-state index in [-0.39, 0.29) is 14.9 Å². The van der Waals surface area contributed by atoms with Crippen molar-refractivity contribution in [3.05, 3.63) is 82.3 Å². The Morgan fingerprint density at radius 1 is 0.966 bits per heavy atom. The van der Waals surface area contributed by atoms with E-state index >= 15 is 0 Å². The van der Waals surface area contributed by atoms with E-state index in [1.54, 1.807) is 12.1 Å². The van der Waals surface area contributed by atoms with Crippen LogP contribution in [0.5, 0.6) is 0 Å². The minimum Gasteiger partial charge on any atom is -0.290 e. The van der Waals surface area contributed by atoms with Gasteiger partial charge in [-0.05, 0) is 42.0 Å². The molecule has 0 bridgehead atoms. The topological polar surface area (TPSA) is 91.9 Å². The van der Waals surface area contributed by atoms with Crippen LogP contribution in [0.3, 0.4) is 0 Å². The van der Waals surface area contributed by atoms with Gasteiger partial charge in [0.2, 0.25) is 0 Å². The van der Waals surface area contributed by atoms with Gasteiger partial charge in [-0.3, -0.25) is 10.5 Å². The van der Waals surface area contributed by atoms with Gasteiger partial charge >= 0.3 is 5.95 Å². The molecule has 148 valence electrons. The number of aromatic amines is 1. The molecule has 0 amide bonds. The molecule has 0 aliphatic carbocycles. The summed E-state index contributed by atoms with van der Waals surface area (Å²) in [5, 5.41) is 0.169. The van der Waals surface area contributed by atoms with Crippen molar-refractivity contribution < 1.29 is 13.0 Å². The molecule has 4 aromatic rings. The highest BCUT2D eigenvalue weighted by Gasteiger charge is 2.20. The van der Waals surface area contributed by atoms with Gasteiger partial charge in [-0.15, -0.1) is 0 Å². The third-order valence-electron chi connectivity index (χ3n) is 4.50. The molecular formula is C20H17Cl2N4O2S+. The number of aromatic nitrogens is 2. The first-order valence-corrected chi connectivity index (χ1v) is 10.9. The molecule has 29 heavy (non-hydrogen) atoms. The first kappa shape index (κ1) is 19.6. The minimum atomic E-state index is -3.86. The van der Waals surface area contributed by atoms with Crippen LogP contribution in [-0.4, -0.2) is 13.4 Å². The fourth-order valence-electron chi connectivity index (χ4n) is 3.08. The van der Waals surface area contributed by atoms with E-state index in [4.69, 9.17) is 28.9 Å². The predicted molar refractivity (Wildman–Crippen MR) is 116 cm³/mol. The van der Waals surface area contributed by atoms with E-state index in [0.717, 1.165) is 16.6 Å². The Morgan fingerprint density at radius 3 is 2.45 bits per heavy atom. The highest BCUT2D eigenvalue weighted by Crippen LogP contribution is 2.30. The van der Waals surface area contributed by atoms with Crippen molar-refractivity contribution in [3.63, 3.8) is 0 Å². The van der Waals surface area contributed by atoms with Gasteiger partial charge in [0.25, 0.3) is 10.0 Å². The summed E-state index contributed by atoms with van der Waals surface area (Å²) in [4.78, 5) is 3.07. The summed E-state index contributed by atoms with van der Waals surface area (Å²) < 4.78 is 29.7. The number of nitrogens with one attached hydrogen (secondary N) is 2. The molecule has 0 fully saturated rings. The maximum atomic E-state index is 12.6. The molecule has 4 rings (SSSR count). The number of nitrogen functional groups attached to an aromatic ring is 1. The zero-order valence-electron chi connectivity index (χ0n) is 15.1. The monoisotopic (exact) mass is 447 g/mol. The zero-order chi connectivity index (χ0) is 20.6. The zero-order valence-corrected chi connectivity index (χ0v) is 17.4. The van der Waals surface area contributed by atoms with Crippen molar-refractivity contribution in [2.75, 3.05) is 10.5 Å². The normalized spacial score (nSPS) is 11.7. The number of nitrogens with two attached hydrogens (primary N) is 1. The van der Waals surface area contributed by atoms with Gasteiger partial charge in [-0.1, -0.05) is 53.5 Å². The lowest BCUT2D eigenvalue weighted by Gasteiger charge is -2.11. The summed E-state index contributed by atoms with van der Waals surface area (Å²) in [6.45, 7) is 0.545. The average Bonchev–Trinajstić information content (AvgIpc) is 3.00. The molecule has 0 saturated carbocycles. The first-order valence-electron chi connectivity index (χ1n) is 8.67. The fourth-order valence-corrected chi connectivity index (χ4v) is 4.90. The van der Waals surface area contributed by atoms with Gasteiger partial charge in [-0.2, -0.15) is 0 Å². The van der Waals surface area contributed by atoms with Gasteiger partial charge in [0, 0.05) is 5.69 Å². The summed E-state index contributed by atoms with van der Waals surface area (Å²) in [5.74, 6) is 0.548. The Bertz CT molecular complexity index is 1300.